The molecule has 0 saturated carbocycles. The second kappa shape index (κ2) is 3.53. The normalized spacial score (nSPS) is 18.8. The lowest BCUT2D eigenvalue weighted by atomic mass is 9.85. The summed E-state index contributed by atoms with van der Waals surface area (Å²) in [6.07, 6.45) is 0. The van der Waals surface area contributed by atoms with E-state index >= 15 is 0 Å². The Labute approximate surface area is 91.8 Å². The van der Waals surface area contributed by atoms with E-state index in [-0.39, 0.29) is 5.54 Å². The summed E-state index contributed by atoms with van der Waals surface area (Å²) in [6, 6.07) is 5.96. The van der Waals surface area contributed by atoms with Gasteiger partial charge in [0.25, 0.3) is 0 Å². The van der Waals surface area contributed by atoms with Gasteiger partial charge in [0.2, 0.25) is 0 Å². The van der Waals surface area contributed by atoms with Crippen molar-refractivity contribution < 1.29 is 4.74 Å². The summed E-state index contributed by atoms with van der Waals surface area (Å²) < 4.78 is 6.30. The van der Waals surface area contributed by atoms with E-state index in [0.717, 1.165) is 28.9 Å². The van der Waals surface area contributed by atoms with Crippen LogP contribution in [0, 0.1) is 0 Å². The molecule has 0 spiro atoms. The second-order valence-electron chi connectivity index (χ2n) is 3.58. The lowest BCUT2D eigenvalue weighted by Crippen LogP contribution is -2.62. The molecule has 0 radical (unpaired) electrons. The molecule has 0 bridgehead atoms. The van der Waals surface area contributed by atoms with Crippen LogP contribution in [0.1, 0.15) is 5.56 Å². The molecule has 76 valence electrons. The highest BCUT2D eigenvalue weighted by molar-refractivity contribution is 9.10. The first-order valence-corrected chi connectivity index (χ1v) is 5.29. The van der Waals surface area contributed by atoms with E-state index in [1.54, 1.807) is 7.11 Å². The number of para-hydroxylation sites is 1. The molecule has 1 aliphatic rings. The van der Waals surface area contributed by atoms with Crippen molar-refractivity contribution in [1.82, 2.24) is 5.32 Å². The Morgan fingerprint density at radius 2 is 2.21 bits per heavy atom. The molecule has 3 N–H and O–H groups in total. The molecule has 1 saturated heterocycles. The summed E-state index contributed by atoms with van der Waals surface area (Å²) in [5.74, 6) is 0.844. The molecule has 0 unspecified atom stereocenters. The molecule has 0 aliphatic carbocycles. The Morgan fingerprint density at radius 3 is 2.71 bits per heavy atom. The molecule has 0 amide bonds. The largest absolute Gasteiger partial charge is 0.495 e. The third-order valence-corrected chi connectivity index (χ3v) is 3.21. The van der Waals surface area contributed by atoms with E-state index in [9.17, 15) is 0 Å². The first-order chi connectivity index (χ1) is 6.67. The Kier molecular flexibility index (Phi) is 2.51. The molecule has 0 atom stereocenters. The predicted molar refractivity (Wildman–Crippen MR) is 59.4 cm³/mol. The zero-order chi connectivity index (χ0) is 10.2. The predicted octanol–water partition coefficient (Wildman–Crippen LogP) is 1.21. The van der Waals surface area contributed by atoms with Crippen molar-refractivity contribution in [1.29, 1.82) is 0 Å². The lowest BCUT2D eigenvalue weighted by Gasteiger charge is -2.40. The van der Waals surface area contributed by atoms with Gasteiger partial charge in [-0.05, 0) is 22.0 Å². The number of ether oxygens (including phenoxy) is 1. The fourth-order valence-electron chi connectivity index (χ4n) is 1.69. The van der Waals surface area contributed by atoms with Gasteiger partial charge in [-0.2, -0.15) is 0 Å². The van der Waals surface area contributed by atoms with Gasteiger partial charge in [0, 0.05) is 18.7 Å². The van der Waals surface area contributed by atoms with Gasteiger partial charge in [0.1, 0.15) is 5.75 Å². The number of hydrogen-bond acceptors (Lipinski definition) is 3. The van der Waals surface area contributed by atoms with Crippen LogP contribution in [0.25, 0.3) is 0 Å². The maximum absolute atomic E-state index is 6.21. The van der Waals surface area contributed by atoms with E-state index < -0.39 is 0 Å². The molecule has 1 aromatic rings. The molecule has 1 aromatic carbocycles. The van der Waals surface area contributed by atoms with Crippen LogP contribution in [0.2, 0.25) is 0 Å². The SMILES string of the molecule is COc1c(Br)cccc1C1(N)CNC1. The average molecular weight is 257 g/mol. The van der Waals surface area contributed by atoms with Gasteiger partial charge in [0.15, 0.2) is 0 Å². The van der Waals surface area contributed by atoms with Crippen LogP contribution in [-0.4, -0.2) is 20.2 Å². The van der Waals surface area contributed by atoms with Crippen molar-refractivity contribution >= 4 is 15.9 Å². The van der Waals surface area contributed by atoms with Crippen LogP contribution in [-0.2, 0) is 5.54 Å². The summed E-state index contributed by atoms with van der Waals surface area (Å²) in [5.41, 5.74) is 7.00. The molecule has 0 aromatic heterocycles. The smallest absolute Gasteiger partial charge is 0.138 e. The van der Waals surface area contributed by atoms with Crippen molar-refractivity contribution in [3.63, 3.8) is 0 Å². The minimum Gasteiger partial charge on any atom is -0.495 e. The number of nitrogens with one attached hydrogen (secondary N) is 1. The first kappa shape index (κ1) is 9.96. The fraction of sp³-hybridized carbons (Fsp3) is 0.400. The highest BCUT2D eigenvalue weighted by atomic mass is 79.9. The van der Waals surface area contributed by atoms with Crippen LogP contribution >= 0.6 is 15.9 Å². The minimum atomic E-state index is -0.269. The summed E-state index contributed by atoms with van der Waals surface area (Å²) in [5, 5.41) is 3.18. The number of hydrogen-bond donors (Lipinski definition) is 2. The Morgan fingerprint density at radius 1 is 1.50 bits per heavy atom. The molecule has 4 heteroatoms. The van der Waals surface area contributed by atoms with Crippen molar-refractivity contribution in [2.24, 2.45) is 5.73 Å². The maximum Gasteiger partial charge on any atom is 0.138 e. The summed E-state index contributed by atoms with van der Waals surface area (Å²) in [4.78, 5) is 0. The summed E-state index contributed by atoms with van der Waals surface area (Å²) >= 11 is 3.45. The lowest BCUT2D eigenvalue weighted by molar-refractivity contribution is 0.274. The second-order valence-corrected chi connectivity index (χ2v) is 4.43. The molecule has 2 rings (SSSR count). The van der Waals surface area contributed by atoms with Gasteiger partial charge in [-0.25, -0.2) is 0 Å². The fourth-order valence-corrected chi connectivity index (χ4v) is 2.22. The quantitative estimate of drug-likeness (QED) is 0.837. The van der Waals surface area contributed by atoms with E-state index in [2.05, 4.69) is 21.2 Å². The molecule has 1 heterocycles. The van der Waals surface area contributed by atoms with Gasteiger partial charge < -0.3 is 15.8 Å². The molecule has 3 nitrogen and oxygen atoms in total. The number of methoxy groups -OCH3 is 1. The van der Waals surface area contributed by atoms with E-state index in [0.29, 0.717) is 0 Å². The van der Waals surface area contributed by atoms with Crippen molar-refractivity contribution in [2.75, 3.05) is 20.2 Å². The highest BCUT2D eigenvalue weighted by Crippen LogP contribution is 2.36. The molecular formula is C10H13BrN2O. The van der Waals surface area contributed by atoms with Crippen LogP contribution in [0.5, 0.6) is 5.75 Å². The maximum atomic E-state index is 6.21. The Bertz CT molecular complexity index is 350. The monoisotopic (exact) mass is 256 g/mol. The average Bonchev–Trinajstić information content (AvgIpc) is 2.14. The van der Waals surface area contributed by atoms with Gasteiger partial charge in [0.05, 0.1) is 17.1 Å². The number of rotatable bonds is 2. The van der Waals surface area contributed by atoms with Gasteiger partial charge in [-0.1, -0.05) is 12.1 Å². The van der Waals surface area contributed by atoms with Crippen molar-refractivity contribution in [2.45, 2.75) is 5.54 Å². The molecule has 1 fully saturated rings. The zero-order valence-corrected chi connectivity index (χ0v) is 9.60. The summed E-state index contributed by atoms with van der Waals surface area (Å²) in [6.45, 7) is 1.61. The highest BCUT2D eigenvalue weighted by Gasteiger charge is 2.37. The van der Waals surface area contributed by atoms with E-state index in [4.69, 9.17) is 10.5 Å². The third kappa shape index (κ3) is 1.43. The van der Waals surface area contributed by atoms with E-state index in [1.165, 1.54) is 0 Å². The first-order valence-electron chi connectivity index (χ1n) is 4.50. The summed E-state index contributed by atoms with van der Waals surface area (Å²) in [7, 11) is 1.67. The van der Waals surface area contributed by atoms with Crippen LogP contribution in [0.15, 0.2) is 22.7 Å². The number of halogens is 1. The van der Waals surface area contributed by atoms with E-state index in [1.807, 2.05) is 18.2 Å². The van der Waals surface area contributed by atoms with Crippen molar-refractivity contribution in [3.8, 4) is 5.75 Å². The Hall–Kier alpha value is -0.580. The molecule has 14 heavy (non-hydrogen) atoms. The van der Waals surface area contributed by atoms with Crippen molar-refractivity contribution in [3.05, 3.63) is 28.2 Å². The van der Waals surface area contributed by atoms with Gasteiger partial charge in [-0.15, -0.1) is 0 Å². The molecular weight excluding hydrogens is 244 g/mol. The standard InChI is InChI=1S/C10H13BrN2O/c1-14-9-7(3-2-4-8(9)11)10(12)5-13-6-10/h2-4,13H,5-6,12H2,1H3. The zero-order valence-electron chi connectivity index (χ0n) is 8.01. The minimum absolute atomic E-state index is 0.269. The third-order valence-electron chi connectivity index (χ3n) is 2.59. The number of benzene rings is 1. The topological polar surface area (TPSA) is 47.3 Å². The van der Waals surface area contributed by atoms with Crippen LogP contribution < -0.4 is 15.8 Å². The van der Waals surface area contributed by atoms with Crippen LogP contribution in [0.4, 0.5) is 0 Å². The number of nitrogens with two attached hydrogens (primary N) is 1. The van der Waals surface area contributed by atoms with Crippen LogP contribution in [0.3, 0.4) is 0 Å². The van der Waals surface area contributed by atoms with Gasteiger partial charge in [-0.3, -0.25) is 0 Å². The Balaban J connectivity index is 2.46. The molecule has 1 aliphatic heterocycles. The van der Waals surface area contributed by atoms with Gasteiger partial charge >= 0.3 is 0 Å².